The van der Waals surface area contributed by atoms with Crippen molar-refractivity contribution in [1.82, 2.24) is 9.13 Å². The average molecular weight is 719 g/mol. The van der Waals surface area contributed by atoms with Crippen molar-refractivity contribution >= 4 is 44.4 Å². The molecule has 1 atom stereocenters. The van der Waals surface area contributed by atoms with Gasteiger partial charge in [-0.15, -0.1) is 0 Å². The minimum atomic E-state index is -0.0956. The van der Waals surface area contributed by atoms with Crippen LogP contribution in [0.4, 0.5) is 0 Å². The largest absolute Gasteiger partial charge is 0.313 e. The molecule has 0 amide bonds. The summed E-state index contributed by atoms with van der Waals surface area (Å²) in [7, 11) is 0. The van der Waals surface area contributed by atoms with Gasteiger partial charge in [-0.3, -0.25) is 0 Å². The van der Waals surface area contributed by atoms with Gasteiger partial charge in [0.25, 0.3) is 0 Å². The zero-order valence-electron chi connectivity index (χ0n) is 32.3. The molecule has 0 saturated carbocycles. The number of para-hydroxylation sites is 2. The summed E-state index contributed by atoms with van der Waals surface area (Å²) in [5.74, 6) is 0.402. The van der Waals surface area contributed by atoms with Gasteiger partial charge in [-0.05, 0) is 116 Å². The quantitative estimate of drug-likeness (QED) is 0.172. The Kier molecular flexibility index (Phi) is 6.33. The van der Waals surface area contributed by atoms with Crippen LogP contribution in [-0.2, 0) is 17.3 Å². The van der Waals surface area contributed by atoms with Gasteiger partial charge in [0, 0.05) is 44.2 Å². The van der Waals surface area contributed by atoms with Crippen LogP contribution >= 0.6 is 0 Å². The third kappa shape index (κ3) is 4.17. The fourth-order valence-corrected chi connectivity index (χ4v) is 11.0. The number of rotatable bonds is 3. The first kappa shape index (κ1) is 31.9. The second kappa shape index (κ2) is 11.1. The van der Waals surface area contributed by atoms with E-state index < -0.39 is 0 Å². The fraction of sp³-hybridized carbons (Fsp3) is 0.148. The van der Waals surface area contributed by atoms with Crippen molar-refractivity contribution in [3.63, 3.8) is 0 Å². The molecule has 0 radical (unpaired) electrons. The van der Waals surface area contributed by atoms with Crippen molar-refractivity contribution in [2.75, 3.05) is 0 Å². The first-order valence-electron chi connectivity index (χ1n) is 20.1. The second-order valence-electron chi connectivity index (χ2n) is 17.4. The number of hydrogen-bond acceptors (Lipinski definition) is 0. The van der Waals surface area contributed by atoms with Crippen LogP contribution < -0.4 is 0 Å². The summed E-state index contributed by atoms with van der Waals surface area (Å²) in [6.07, 6.45) is 3.52. The van der Waals surface area contributed by atoms with Gasteiger partial charge in [-0.1, -0.05) is 143 Å². The van der Waals surface area contributed by atoms with E-state index in [1.54, 1.807) is 0 Å². The van der Waals surface area contributed by atoms with Crippen LogP contribution in [0.3, 0.4) is 0 Å². The van der Waals surface area contributed by atoms with Gasteiger partial charge in [-0.25, -0.2) is 0 Å². The van der Waals surface area contributed by atoms with Gasteiger partial charge in [-0.2, -0.15) is 0 Å². The monoisotopic (exact) mass is 718 g/mol. The van der Waals surface area contributed by atoms with Crippen molar-refractivity contribution < 1.29 is 0 Å². The molecule has 0 aliphatic heterocycles. The summed E-state index contributed by atoms with van der Waals surface area (Å²) in [5, 5.41) is 3.89. The Morgan fingerprint density at radius 3 is 1.88 bits per heavy atom. The van der Waals surface area contributed by atoms with Crippen LogP contribution in [-0.4, -0.2) is 9.13 Å². The normalized spacial score (nSPS) is 17.1. The third-order valence-electron chi connectivity index (χ3n) is 13.8. The summed E-state index contributed by atoms with van der Waals surface area (Å²) < 4.78 is 5.13. The Labute approximate surface area is 328 Å². The maximum absolute atomic E-state index is 2.60. The maximum Gasteiger partial charge on any atom is 0.0544 e. The highest BCUT2D eigenvalue weighted by molar-refractivity contribution is 6.12. The lowest BCUT2D eigenvalue weighted by Crippen LogP contribution is -2.27. The van der Waals surface area contributed by atoms with E-state index in [1.807, 2.05) is 0 Å². The standard InChI is InChI=1S/C54H42N2/c1-53(2)45-22-12-8-18-37(45)41-29-43-39-20-10-14-24-49(39)55(51(43)31-47(41)53)35-26-34(33-16-6-5-7-17-33)27-36(28-35)56-50-25-15-11-21-40(50)44-30-42-38-19-9-13-23-46(38)54(3,4)48(42)32-52(44)56/h5-31,48H,32H2,1-4H3. The van der Waals surface area contributed by atoms with Gasteiger partial charge in [0.2, 0.25) is 0 Å². The summed E-state index contributed by atoms with van der Waals surface area (Å²) in [6.45, 7) is 9.66. The minimum absolute atomic E-state index is 0.0368. The van der Waals surface area contributed by atoms with Crippen LogP contribution in [0.2, 0.25) is 0 Å². The Balaban J connectivity index is 1.15. The smallest absolute Gasteiger partial charge is 0.0544 e. The van der Waals surface area contributed by atoms with E-state index in [4.69, 9.17) is 0 Å². The average Bonchev–Trinajstić information content (AvgIpc) is 3.88. The van der Waals surface area contributed by atoms with E-state index in [-0.39, 0.29) is 10.8 Å². The maximum atomic E-state index is 2.60. The SMILES string of the molecule is CC1(C)c2ccccc2-c2cc3c4ccccc4n(-c4cc(-c5ccccc5)cc(-n5c6c(c7ccccc75)C=C5c7ccccc7C(C)(C)C5C6)c4)c3cc21. The lowest BCUT2D eigenvalue weighted by Gasteiger charge is -2.32. The molecule has 1 unspecified atom stereocenters. The number of hydrogen-bond donors (Lipinski definition) is 0. The predicted octanol–water partition coefficient (Wildman–Crippen LogP) is 13.7. The zero-order chi connectivity index (χ0) is 37.5. The van der Waals surface area contributed by atoms with E-state index in [0.29, 0.717) is 5.92 Å². The lowest BCUT2D eigenvalue weighted by molar-refractivity contribution is 0.405. The molecule has 2 nitrogen and oxygen atoms in total. The van der Waals surface area contributed by atoms with Crippen molar-refractivity contribution in [2.24, 2.45) is 5.92 Å². The number of aromatic nitrogens is 2. The first-order chi connectivity index (χ1) is 27.3. The van der Waals surface area contributed by atoms with Gasteiger partial charge in [0.15, 0.2) is 0 Å². The molecule has 2 aromatic heterocycles. The highest BCUT2D eigenvalue weighted by Gasteiger charge is 2.45. The van der Waals surface area contributed by atoms with Crippen LogP contribution in [0.25, 0.3) is 78.0 Å². The summed E-state index contributed by atoms with van der Waals surface area (Å²) in [6, 6.07) is 59.3. The fourth-order valence-electron chi connectivity index (χ4n) is 11.0. The van der Waals surface area contributed by atoms with Crippen molar-refractivity contribution in [3.8, 4) is 33.6 Å². The zero-order valence-corrected chi connectivity index (χ0v) is 32.3. The number of benzene rings is 7. The number of fused-ring (bicyclic) bond motifs is 12. The molecule has 12 rings (SSSR count). The topological polar surface area (TPSA) is 9.86 Å². The van der Waals surface area contributed by atoms with Gasteiger partial charge < -0.3 is 9.13 Å². The molecule has 0 saturated heterocycles. The van der Waals surface area contributed by atoms with Crippen molar-refractivity contribution in [2.45, 2.75) is 44.9 Å². The molecule has 9 aromatic rings. The van der Waals surface area contributed by atoms with Crippen LogP contribution in [0.5, 0.6) is 0 Å². The lowest BCUT2D eigenvalue weighted by atomic mass is 9.73. The molecule has 7 aromatic carbocycles. The van der Waals surface area contributed by atoms with E-state index in [0.717, 1.165) is 6.42 Å². The van der Waals surface area contributed by atoms with E-state index in [9.17, 15) is 0 Å². The molecule has 0 fully saturated rings. The Bertz CT molecular complexity index is 3160. The second-order valence-corrected chi connectivity index (χ2v) is 17.4. The Morgan fingerprint density at radius 1 is 0.464 bits per heavy atom. The van der Waals surface area contributed by atoms with E-state index in [1.165, 1.54) is 105 Å². The molecule has 2 heterocycles. The van der Waals surface area contributed by atoms with Gasteiger partial charge >= 0.3 is 0 Å². The van der Waals surface area contributed by atoms with Crippen molar-refractivity contribution in [1.29, 1.82) is 0 Å². The highest BCUT2D eigenvalue weighted by Crippen LogP contribution is 2.56. The molecule has 0 N–H and O–H groups in total. The van der Waals surface area contributed by atoms with Crippen LogP contribution in [0, 0.1) is 5.92 Å². The van der Waals surface area contributed by atoms with E-state index >= 15 is 0 Å². The minimum Gasteiger partial charge on any atom is -0.313 e. The van der Waals surface area contributed by atoms with Crippen LogP contribution in [0.1, 0.15) is 61.2 Å². The summed E-state index contributed by atoms with van der Waals surface area (Å²) in [4.78, 5) is 0. The number of nitrogens with zero attached hydrogens (tertiary/aromatic N) is 2. The van der Waals surface area contributed by atoms with E-state index in [2.05, 4.69) is 201 Å². The highest BCUT2D eigenvalue weighted by atomic mass is 15.0. The molecule has 56 heavy (non-hydrogen) atoms. The molecule has 0 bridgehead atoms. The number of allylic oxidation sites excluding steroid dienone is 1. The summed E-state index contributed by atoms with van der Waals surface area (Å²) >= 11 is 0. The first-order valence-corrected chi connectivity index (χ1v) is 20.1. The Hall–Kier alpha value is -6.38. The molecule has 2 heteroatoms. The van der Waals surface area contributed by atoms with Crippen molar-refractivity contribution in [3.05, 3.63) is 191 Å². The molecule has 0 spiro atoms. The molecular weight excluding hydrogens is 677 g/mol. The molecule has 3 aliphatic rings. The Morgan fingerprint density at radius 2 is 1.09 bits per heavy atom. The summed E-state index contributed by atoms with van der Waals surface area (Å²) in [5.41, 5.74) is 21.1. The molecule has 3 aliphatic carbocycles. The van der Waals surface area contributed by atoms with Gasteiger partial charge in [0.1, 0.15) is 0 Å². The third-order valence-corrected chi connectivity index (χ3v) is 13.8. The molecular formula is C54H42N2. The predicted molar refractivity (Wildman–Crippen MR) is 235 cm³/mol. The van der Waals surface area contributed by atoms with Gasteiger partial charge in [0.05, 0.1) is 16.6 Å². The molecule has 268 valence electrons. The van der Waals surface area contributed by atoms with Crippen LogP contribution in [0.15, 0.2) is 158 Å².